The third kappa shape index (κ3) is 2.86. The molecule has 0 fully saturated rings. The Kier molecular flexibility index (Phi) is 3.92. The fourth-order valence-electron chi connectivity index (χ4n) is 2.52. The zero-order valence-electron chi connectivity index (χ0n) is 12.8. The van der Waals surface area contributed by atoms with Crippen LogP contribution in [-0.2, 0) is 6.54 Å². The molecule has 0 aliphatic heterocycles. The molecule has 0 aliphatic rings. The minimum atomic E-state index is -0.368. The van der Waals surface area contributed by atoms with Crippen LogP contribution >= 0.6 is 22.7 Å². The van der Waals surface area contributed by atoms with Crippen molar-refractivity contribution in [2.45, 2.75) is 6.54 Å². The Morgan fingerprint density at radius 2 is 2.16 bits per heavy atom. The Morgan fingerprint density at radius 3 is 3.00 bits per heavy atom. The van der Waals surface area contributed by atoms with Crippen LogP contribution in [0, 0.1) is 18.2 Å². The lowest BCUT2D eigenvalue weighted by molar-refractivity contribution is 0.0998. The molecule has 1 amide bonds. The fourth-order valence-corrected chi connectivity index (χ4v) is 4.28. The number of aromatic nitrogens is 2. The van der Waals surface area contributed by atoms with Gasteiger partial charge in [0.05, 0.1) is 32.5 Å². The molecule has 4 nitrogen and oxygen atoms in total. The molecule has 0 atom stereocenters. The molecule has 0 aliphatic carbocycles. The number of hydrogen-bond acceptors (Lipinski definition) is 4. The number of carbonyl (C=O) groups is 1. The summed E-state index contributed by atoms with van der Waals surface area (Å²) in [6.45, 7) is 0.256. The van der Waals surface area contributed by atoms with Gasteiger partial charge in [0.1, 0.15) is 5.82 Å². The van der Waals surface area contributed by atoms with Gasteiger partial charge in [-0.25, -0.2) is 9.37 Å². The van der Waals surface area contributed by atoms with Gasteiger partial charge in [0.2, 0.25) is 0 Å². The largest absolute Gasteiger partial charge is 0.305 e. The van der Waals surface area contributed by atoms with Crippen LogP contribution < -0.4 is 4.80 Å². The van der Waals surface area contributed by atoms with Gasteiger partial charge in [-0.3, -0.25) is 4.79 Å². The lowest BCUT2D eigenvalue weighted by Gasteiger charge is -1.99. The molecular formula is C18H10FN3OS2. The maximum atomic E-state index is 13.5. The van der Waals surface area contributed by atoms with Crippen LogP contribution in [0.15, 0.2) is 46.9 Å². The molecular weight excluding hydrogens is 357 g/mol. The summed E-state index contributed by atoms with van der Waals surface area (Å²) in [5.41, 5.74) is 3.82. The molecule has 2 heterocycles. The second-order valence-electron chi connectivity index (χ2n) is 5.24. The average molecular weight is 367 g/mol. The zero-order valence-corrected chi connectivity index (χ0v) is 14.4. The van der Waals surface area contributed by atoms with E-state index in [4.69, 9.17) is 6.42 Å². The van der Waals surface area contributed by atoms with Gasteiger partial charge < -0.3 is 4.57 Å². The summed E-state index contributed by atoms with van der Waals surface area (Å²) < 4.78 is 16.8. The highest BCUT2D eigenvalue weighted by Crippen LogP contribution is 2.21. The van der Waals surface area contributed by atoms with Crippen LogP contribution in [0.3, 0.4) is 0 Å². The molecule has 2 aromatic heterocycles. The third-order valence-electron chi connectivity index (χ3n) is 3.67. The van der Waals surface area contributed by atoms with E-state index in [0.29, 0.717) is 15.1 Å². The third-order valence-corrected chi connectivity index (χ3v) is 5.50. The molecule has 4 aromatic rings. The molecule has 25 heavy (non-hydrogen) atoms. The molecule has 4 rings (SSSR count). The van der Waals surface area contributed by atoms with E-state index in [9.17, 15) is 9.18 Å². The van der Waals surface area contributed by atoms with E-state index in [-0.39, 0.29) is 18.3 Å². The molecule has 0 bridgehead atoms. The number of rotatable bonds is 2. The van der Waals surface area contributed by atoms with Crippen LogP contribution in [0.5, 0.6) is 0 Å². The van der Waals surface area contributed by atoms with Crippen molar-refractivity contribution in [2.24, 2.45) is 4.99 Å². The van der Waals surface area contributed by atoms with Crippen molar-refractivity contribution in [3.8, 4) is 12.3 Å². The number of fused-ring (bicyclic) bond motifs is 2. The first kappa shape index (κ1) is 15.7. The highest BCUT2D eigenvalue weighted by atomic mass is 32.1. The van der Waals surface area contributed by atoms with Crippen molar-refractivity contribution in [1.29, 1.82) is 0 Å². The van der Waals surface area contributed by atoms with Gasteiger partial charge in [-0.15, -0.1) is 17.8 Å². The first-order valence-corrected chi connectivity index (χ1v) is 9.00. The van der Waals surface area contributed by atoms with Crippen LogP contribution in [-0.4, -0.2) is 15.5 Å². The Morgan fingerprint density at radius 1 is 1.28 bits per heavy atom. The van der Waals surface area contributed by atoms with Crippen LogP contribution in [0.4, 0.5) is 4.39 Å². The van der Waals surface area contributed by atoms with Gasteiger partial charge in [-0.05, 0) is 36.4 Å². The highest BCUT2D eigenvalue weighted by Gasteiger charge is 2.10. The molecule has 0 spiro atoms. The smallest absolute Gasteiger partial charge is 0.279 e. The van der Waals surface area contributed by atoms with Crippen LogP contribution in [0.25, 0.3) is 20.4 Å². The van der Waals surface area contributed by atoms with Crippen molar-refractivity contribution < 1.29 is 9.18 Å². The molecule has 122 valence electrons. The predicted octanol–water partition coefficient (Wildman–Crippen LogP) is 3.83. The molecule has 2 aromatic carbocycles. The van der Waals surface area contributed by atoms with Crippen molar-refractivity contribution in [2.75, 3.05) is 0 Å². The van der Waals surface area contributed by atoms with Gasteiger partial charge >= 0.3 is 0 Å². The predicted molar refractivity (Wildman–Crippen MR) is 98.1 cm³/mol. The molecule has 0 unspecified atom stereocenters. The summed E-state index contributed by atoms with van der Waals surface area (Å²) in [5, 5.41) is 0. The highest BCUT2D eigenvalue weighted by molar-refractivity contribution is 7.17. The molecule has 7 heteroatoms. The summed E-state index contributed by atoms with van der Waals surface area (Å²) in [6, 6.07) is 9.70. The first-order valence-electron chi connectivity index (χ1n) is 7.30. The number of hydrogen-bond donors (Lipinski definition) is 0. The van der Waals surface area contributed by atoms with Gasteiger partial charge in [0.15, 0.2) is 4.80 Å². The fraction of sp³-hybridized carbons (Fsp3) is 0.0556. The lowest BCUT2D eigenvalue weighted by atomic mass is 10.2. The Labute approximate surface area is 149 Å². The van der Waals surface area contributed by atoms with E-state index >= 15 is 0 Å². The number of amides is 1. The number of nitrogens with zero attached hydrogens (tertiary/aromatic N) is 3. The second kappa shape index (κ2) is 6.24. The Bertz CT molecular complexity index is 1230. The summed E-state index contributed by atoms with van der Waals surface area (Å²) >= 11 is 2.70. The quantitative estimate of drug-likeness (QED) is 0.506. The Hall–Kier alpha value is -2.82. The summed E-state index contributed by atoms with van der Waals surface area (Å²) in [5.74, 6) is 1.84. The van der Waals surface area contributed by atoms with E-state index in [1.54, 1.807) is 34.3 Å². The first-order chi connectivity index (χ1) is 12.2. The number of carbonyl (C=O) groups excluding carboxylic acids is 1. The average Bonchev–Trinajstić information content (AvgIpc) is 3.19. The van der Waals surface area contributed by atoms with Gasteiger partial charge in [0.25, 0.3) is 5.91 Å². The summed E-state index contributed by atoms with van der Waals surface area (Å²) in [6.07, 6.45) is 5.43. The van der Waals surface area contributed by atoms with Crippen molar-refractivity contribution in [1.82, 2.24) is 9.55 Å². The topological polar surface area (TPSA) is 47.2 Å². The molecule has 0 radical (unpaired) electrons. The molecule has 0 saturated carbocycles. The van der Waals surface area contributed by atoms with E-state index in [0.717, 1.165) is 15.7 Å². The summed E-state index contributed by atoms with van der Waals surface area (Å²) in [7, 11) is 0. The van der Waals surface area contributed by atoms with Crippen molar-refractivity contribution in [3.05, 3.63) is 58.1 Å². The SMILES string of the molecule is C#CCn1c(=NC(=O)c2ccc3ncsc3c2)sc2cc(F)ccc21. The van der Waals surface area contributed by atoms with Gasteiger partial charge in [-0.2, -0.15) is 4.99 Å². The molecule has 0 saturated heterocycles. The van der Waals surface area contributed by atoms with E-state index in [2.05, 4.69) is 15.9 Å². The van der Waals surface area contributed by atoms with Gasteiger partial charge in [-0.1, -0.05) is 17.3 Å². The monoisotopic (exact) mass is 367 g/mol. The van der Waals surface area contributed by atoms with E-state index in [1.807, 2.05) is 0 Å². The maximum Gasteiger partial charge on any atom is 0.279 e. The van der Waals surface area contributed by atoms with Crippen LogP contribution in [0.1, 0.15) is 10.4 Å². The number of terminal acetylenes is 1. The summed E-state index contributed by atoms with van der Waals surface area (Å²) in [4.78, 5) is 21.4. The number of benzene rings is 2. The van der Waals surface area contributed by atoms with Crippen molar-refractivity contribution >= 4 is 49.0 Å². The molecule has 0 N–H and O–H groups in total. The van der Waals surface area contributed by atoms with Gasteiger partial charge in [0, 0.05) is 5.56 Å². The minimum Gasteiger partial charge on any atom is -0.305 e. The lowest BCUT2D eigenvalue weighted by Crippen LogP contribution is -2.16. The minimum absolute atomic E-state index is 0.256. The number of thiazole rings is 2. The van der Waals surface area contributed by atoms with E-state index in [1.165, 1.54) is 34.8 Å². The van der Waals surface area contributed by atoms with Crippen LogP contribution in [0.2, 0.25) is 0 Å². The second-order valence-corrected chi connectivity index (χ2v) is 7.13. The normalized spacial score (nSPS) is 11.9. The maximum absolute atomic E-state index is 13.5. The Balaban J connectivity index is 1.85. The zero-order chi connectivity index (χ0) is 17.4. The number of halogens is 1. The van der Waals surface area contributed by atoms with E-state index < -0.39 is 0 Å². The van der Waals surface area contributed by atoms with Crippen molar-refractivity contribution in [3.63, 3.8) is 0 Å². The standard InChI is InChI=1S/C18H10FN3OS2/c1-2-7-22-14-6-4-12(19)9-16(14)25-18(22)21-17(23)11-3-5-13-15(8-11)24-10-20-13/h1,3-6,8-10H,7H2.